The van der Waals surface area contributed by atoms with Crippen LogP contribution < -0.4 is 21.1 Å². The lowest BCUT2D eigenvalue weighted by Gasteiger charge is -2.29. The number of fused-ring (bicyclic) bond motifs is 1. The lowest BCUT2D eigenvalue weighted by Crippen LogP contribution is -2.43. The second kappa shape index (κ2) is 9.94. The predicted molar refractivity (Wildman–Crippen MR) is 126 cm³/mol. The van der Waals surface area contributed by atoms with Gasteiger partial charge in [0.25, 0.3) is 11.5 Å². The van der Waals surface area contributed by atoms with Crippen molar-refractivity contribution in [3.05, 3.63) is 82.3 Å². The van der Waals surface area contributed by atoms with Crippen molar-refractivity contribution in [2.45, 2.75) is 12.5 Å². The zero-order valence-corrected chi connectivity index (χ0v) is 18.6. The second-order valence-electron chi connectivity index (χ2n) is 7.60. The van der Waals surface area contributed by atoms with Crippen molar-refractivity contribution in [1.82, 2.24) is 15.0 Å². The highest BCUT2D eigenvalue weighted by atomic mass is 31.0. The molecule has 1 fully saturated rings. The highest BCUT2D eigenvalue weighted by Gasteiger charge is 2.22. The van der Waals surface area contributed by atoms with Crippen molar-refractivity contribution in [3.63, 3.8) is 0 Å². The van der Waals surface area contributed by atoms with Crippen LogP contribution in [-0.4, -0.2) is 42.5 Å². The van der Waals surface area contributed by atoms with Crippen molar-refractivity contribution < 1.29 is 14.1 Å². The van der Waals surface area contributed by atoms with Crippen LogP contribution in [0.4, 0.5) is 5.69 Å². The predicted octanol–water partition coefficient (Wildman–Crippen LogP) is 1.90. The molecule has 0 aliphatic carbocycles. The van der Waals surface area contributed by atoms with E-state index in [1.807, 2.05) is 51.9 Å². The van der Waals surface area contributed by atoms with Crippen LogP contribution in [0.25, 0.3) is 5.52 Å². The summed E-state index contributed by atoms with van der Waals surface area (Å²) in [5, 5.41) is 6.13. The molecule has 1 aromatic carbocycles. The minimum atomic E-state index is -0.619. The van der Waals surface area contributed by atoms with Crippen LogP contribution in [0.2, 0.25) is 0 Å². The van der Waals surface area contributed by atoms with Gasteiger partial charge in [-0.2, -0.15) is 0 Å². The summed E-state index contributed by atoms with van der Waals surface area (Å²) in [7, 11) is 1.91. The van der Waals surface area contributed by atoms with E-state index in [9.17, 15) is 14.4 Å². The summed E-state index contributed by atoms with van der Waals surface area (Å²) in [5.74, 6) is -1.03. The Bertz CT molecular complexity index is 1180. The smallest absolute Gasteiger partial charge is 0.310 e. The Balaban J connectivity index is 1.60. The summed E-state index contributed by atoms with van der Waals surface area (Å²) < 4.78 is 6.15. The van der Waals surface area contributed by atoms with Crippen LogP contribution in [0.3, 0.4) is 0 Å². The van der Waals surface area contributed by atoms with Crippen molar-refractivity contribution in [2.75, 3.05) is 31.1 Å². The van der Waals surface area contributed by atoms with Gasteiger partial charge >= 0.3 is 5.97 Å². The zero-order chi connectivity index (χ0) is 22.5. The molecule has 8 nitrogen and oxygen atoms in total. The van der Waals surface area contributed by atoms with Gasteiger partial charge in [0.2, 0.25) is 0 Å². The molecule has 0 radical (unpaired) electrons. The number of benzene rings is 1. The molecule has 1 aliphatic heterocycles. The first-order chi connectivity index (χ1) is 15.6. The fourth-order valence-electron chi connectivity index (χ4n) is 3.87. The standard InChI is InChI=1S/C23H25N4O4P/c28-21(31-32)15-20(16-4-2-1-3-5-16)25-22(29)19-7-6-18-14-17(8-11-27(18)23(19)30)26-12-9-24-10-13-26/h1-8,11,14,20,24H,9-10,12-13,15,32H2,(H,25,29). The largest absolute Gasteiger partial charge is 0.451 e. The third kappa shape index (κ3) is 4.82. The minimum absolute atomic E-state index is 0.0117. The molecule has 4 rings (SSSR count). The molecule has 32 heavy (non-hydrogen) atoms. The molecule has 9 heteroatoms. The minimum Gasteiger partial charge on any atom is -0.451 e. The topological polar surface area (TPSA) is 92.2 Å². The van der Waals surface area contributed by atoms with E-state index >= 15 is 0 Å². The first-order valence-corrected chi connectivity index (χ1v) is 10.9. The van der Waals surface area contributed by atoms with Crippen LogP contribution in [0.5, 0.6) is 0 Å². The number of nitrogens with one attached hydrogen (secondary N) is 2. The summed E-state index contributed by atoms with van der Waals surface area (Å²) in [5.41, 5.74) is 2.11. The van der Waals surface area contributed by atoms with Crippen LogP contribution in [0.1, 0.15) is 28.4 Å². The van der Waals surface area contributed by atoms with Crippen LogP contribution in [-0.2, 0) is 9.32 Å². The molecule has 3 heterocycles. The summed E-state index contributed by atoms with van der Waals surface area (Å²) in [4.78, 5) is 40.1. The van der Waals surface area contributed by atoms with Gasteiger partial charge in [-0.25, -0.2) is 0 Å². The van der Waals surface area contributed by atoms with Crippen molar-refractivity contribution >= 4 is 32.5 Å². The Labute approximate surface area is 187 Å². The number of amides is 1. The second-order valence-corrected chi connectivity index (χ2v) is 7.84. The number of anilines is 1. The summed E-state index contributed by atoms with van der Waals surface area (Å²) >= 11 is 0. The van der Waals surface area contributed by atoms with E-state index in [1.165, 1.54) is 10.5 Å². The number of pyridine rings is 2. The molecule has 0 spiro atoms. The summed E-state index contributed by atoms with van der Waals surface area (Å²) in [6.07, 6.45) is 1.65. The first-order valence-electron chi connectivity index (χ1n) is 10.4. The van der Waals surface area contributed by atoms with Gasteiger partial charge in [-0.1, -0.05) is 30.3 Å². The van der Waals surface area contributed by atoms with Gasteiger partial charge in [-0.3, -0.25) is 18.8 Å². The first kappa shape index (κ1) is 22.0. The van der Waals surface area contributed by atoms with E-state index in [-0.39, 0.29) is 12.0 Å². The van der Waals surface area contributed by atoms with Gasteiger partial charge in [0.05, 0.1) is 27.4 Å². The van der Waals surface area contributed by atoms with E-state index in [1.54, 1.807) is 12.3 Å². The van der Waals surface area contributed by atoms with E-state index < -0.39 is 23.5 Å². The van der Waals surface area contributed by atoms with Crippen LogP contribution in [0.15, 0.2) is 65.6 Å². The molecule has 3 aromatic rings. The highest BCUT2D eigenvalue weighted by Crippen LogP contribution is 2.20. The quantitative estimate of drug-likeness (QED) is 0.555. The van der Waals surface area contributed by atoms with Crippen molar-refractivity contribution in [1.29, 1.82) is 0 Å². The van der Waals surface area contributed by atoms with Gasteiger partial charge in [-0.05, 0) is 29.8 Å². The third-order valence-corrected chi connectivity index (χ3v) is 5.84. The maximum atomic E-state index is 13.0. The molecular weight excluding hydrogens is 427 g/mol. The lowest BCUT2D eigenvalue weighted by atomic mass is 10.0. The van der Waals surface area contributed by atoms with Crippen molar-refractivity contribution in [3.8, 4) is 0 Å². The third-order valence-electron chi connectivity index (χ3n) is 5.57. The molecule has 0 saturated carbocycles. The van der Waals surface area contributed by atoms with Crippen molar-refractivity contribution in [2.24, 2.45) is 0 Å². The number of nitrogens with zero attached hydrogens (tertiary/aromatic N) is 2. The van der Waals surface area contributed by atoms with Gasteiger partial charge in [-0.15, -0.1) is 0 Å². The molecule has 2 unspecified atom stereocenters. The van der Waals surface area contributed by atoms with Gasteiger partial charge in [0.1, 0.15) is 5.56 Å². The lowest BCUT2D eigenvalue weighted by molar-refractivity contribution is -0.133. The number of aromatic nitrogens is 1. The number of piperazine rings is 1. The maximum Gasteiger partial charge on any atom is 0.310 e. The molecule has 1 aliphatic rings. The Morgan fingerprint density at radius 3 is 2.56 bits per heavy atom. The molecular formula is C23H25N4O4P. The number of carbonyl (C=O) groups excluding carboxylic acids is 2. The summed E-state index contributed by atoms with van der Waals surface area (Å²) in [6.45, 7) is 3.65. The Kier molecular flexibility index (Phi) is 6.83. The molecule has 2 atom stereocenters. The molecule has 0 bridgehead atoms. The van der Waals surface area contributed by atoms with E-state index in [2.05, 4.69) is 20.1 Å². The highest BCUT2D eigenvalue weighted by molar-refractivity contribution is 7.10. The molecule has 2 aromatic heterocycles. The van der Waals surface area contributed by atoms with E-state index in [0.29, 0.717) is 5.52 Å². The van der Waals surface area contributed by atoms with Crippen LogP contribution >= 0.6 is 9.47 Å². The molecule has 166 valence electrons. The van der Waals surface area contributed by atoms with Gasteiger partial charge < -0.3 is 20.1 Å². The average Bonchev–Trinajstić information content (AvgIpc) is 2.84. The van der Waals surface area contributed by atoms with Gasteiger partial charge in [0, 0.05) is 38.1 Å². The number of rotatable bonds is 6. The molecule has 1 amide bonds. The van der Waals surface area contributed by atoms with E-state index in [0.717, 1.165) is 37.4 Å². The van der Waals surface area contributed by atoms with Crippen LogP contribution in [0, 0.1) is 0 Å². The fourth-order valence-corrected chi connectivity index (χ4v) is 3.97. The van der Waals surface area contributed by atoms with Gasteiger partial charge in [0.15, 0.2) is 0 Å². The zero-order valence-electron chi connectivity index (χ0n) is 17.5. The van der Waals surface area contributed by atoms with E-state index in [4.69, 9.17) is 0 Å². The summed E-state index contributed by atoms with van der Waals surface area (Å²) in [6, 6.07) is 15.6. The molecule has 1 saturated heterocycles. The Hall–Kier alpha value is -3.22. The number of hydrogen-bond acceptors (Lipinski definition) is 6. The molecule has 2 N–H and O–H groups in total. The maximum absolute atomic E-state index is 13.0. The number of carbonyl (C=O) groups is 2. The average molecular weight is 452 g/mol. The Morgan fingerprint density at radius 1 is 1.09 bits per heavy atom. The SMILES string of the molecule is O=C(CC(NC(=O)c1ccc2cc(N3CCNCC3)ccn2c1=O)c1ccccc1)OP. The monoisotopic (exact) mass is 452 g/mol. The normalized spacial score (nSPS) is 14.7. The number of hydrogen-bond donors (Lipinski definition) is 2. The Morgan fingerprint density at radius 2 is 1.84 bits per heavy atom. The fraction of sp³-hybridized carbons (Fsp3) is 0.261.